The van der Waals surface area contributed by atoms with Gasteiger partial charge in [-0.15, -0.1) is 5.10 Å². The number of hydrogen-bond acceptors (Lipinski definition) is 6. The van der Waals surface area contributed by atoms with Crippen molar-refractivity contribution in [3.63, 3.8) is 0 Å². The van der Waals surface area contributed by atoms with Crippen molar-refractivity contribution in [1.82, 2.24) is 24.9 Å². The molecule has 0 aliphatic carbocycles. The number of aromatic nitrogens is 4. The van der Waals surface area contributed by atoms with Gasteiger partial charge in [0, 0.05) is 19.3 Å². The Morgan fingerprint density at radius 2 is 2.39 bits per heavy atom. The van der Waals surface area contributed by atoms with Gasteiger partial charge in [0.05, 0.1) is 41.4 Å². The Labute approximate surface area is 138 Å². The zero-order valence-corrected chi connectivity index (χ0v) is 13.4. The van der Waals surface area contributed by atoms with Gasteiger partial charge in [-0.05, 0) is 18.6 Å². The number of pyridine rings is 1. The lowest BCUT2D eigenvalue weighted by atomic mass is 10.0. The molecule has 1 saturated heterocycles. The highest BCUT2D eigenvalue weighted by molar-refractivity contribution is 7.99. The highest BCUT2D eigenvalue weighted by Crippen LogP contribution is 2.30. The molecule has 0 spiro atoms. The summed E-state index contributed by atoms with van der Waals surface area (Å²) in [6.07, 6.45) is 4.43. The van der Waals surface area contributed by atoms with Gasteiger partial charge in [-0.1, -0.05) is 23.0 Å². The number of rotatable bonds is 3. The molecule has 0 aromatic carbocycles. The van der Waals surface area contributed by atoms with E-state index < -0.39 is 0 Å². The average molecular weight is 331 g/mol. The van der Waals surface area contributed by atoms with Crippen molar-refractivity contribution in [2.24, 2.45) is 0 Å². The van der Waals surface area contributed by atoms with E-state index in [9.17, 15) is 4.79 Å². The number of thioether (sulfide) groups is 1. The molecule has 2 aromatic heterocycles. The maximum absolute atomic E-state index is 12.5. The van der Waals surface area contributed by atoms with Crippen molar-refractivity contribution in [3.05, 3.63) is 36.3 Å². The van der Waals surface area contributed by atoms with Crippen LogP contribution in [0.4, 0.5) is 0 Å². The number of piperidine rings is 1. The van der Waals surface area contributed by atoms with Crippen molar-refractivity contribution in [1.29, 1.82) is 0 Å². The lowest BCUT2D eigenvalue weighted by Crippen LogP contribution is -2.50. The Balaban J connectivity index is 1.40. The molecule has 7 nitrogen and oxygen atoms in total. The third-order valence-electron chi connectivity index (χ3n) is 4.26. The van der Waals surface area contributed by atoms with Crippen molar-refractivity contribution in [2.45, 2.75) is 30.2 Å². The van der Waals surface area contributed by atoms with Crippen molar-refractivity contribution in [2.75, 3.05) is 18.8 Å². The highest BCUT2D eigenvalue weighted by atomic mass is 32.2. The summed E-state index contributed by atoms with van der Waals surface area (Å²) in [5.41, 5.74) is 0.975. The summed E-state index contributed by atoms with van der Waals surface area (Å²) in [4.78, 5) is 18.6. The van der Waals surface area contributed by atoms with Crippen molar-refractivity contribution in [3.8, 4) is 0 Å². The van der Waals surface area contributed by atoms with Crippen molar-refractivity contribution >= 4 is 17.7 Å². The largest absolute Gasteiger partial charge is 0.370 e. The topological polar surface area (TPSA) is 73.1 Å². The van der Waals surface area contributed by atoms with Crippen LogP contribution >= 0.6 is 11.8 Å². The molecule has 0 saturated carbocycles. The summed E-state index contributed by atoms with van der Waals surface area (Å²) in [6.45, 7) is 1.91. The summed E-state index contributed by atoms with van der Waals surface area (Å²) in [5, 5.41) is 8.99. The highest BCUT2D eigenvalue weighted by Gasteiger charge is 2.37. The summed E-state index contributed by atoms with van der Waals surface area (Å²) >= 11 is 1.47. The fraction of sp³-hybridized carbons (Fsp3) is 0.467. The van der Waals surface area contributed by atoms with Gasteiger partial charge in [-0.2, -0.15) is 0 Å². The summed E-state index contributed by atoms with van der Waals surface area (Å²) in [5.74, 6) is 0.533. The minimum atomic E-state index is 0.0683. The Kier molecular flexibility index (Phi) is 4.00. The Hall–Kier alpha value is -1.93. The summed E-state index contributed by atoms with van der Waals surface area (Å²) in [7, 11) is 0. The van der Waals surface area contributed by atoms with Crippen molar-refractivity contribution < 1.29 is 9.53 Å². The van der Waals surface area contributed by atoms with Crippen LogP contribution in [0, 0.1) is 0 Å². The number of nitrogens with zero attached hydrogens (tertiary/aromatic N) is 5. The maximum atomic E-state index is 12.5. The zero-order chi connectivity index (χ0) is 15.6. The molecular formula is C15H17N5O2S. The Morgan fingerprint density at radius 1 is 1.43 bits per heavy atom. The maximum Gasteiger partial charge on any atom is 0.233 e. The summed E-state index contributed by atoms with van der Waals surface area (Å²) < 4.78 is 7.79. The Morgan fingerprint density at radius 3 is 3.26 bits per heavy atom. The van der Waals surface area contributed by atoms with Crippen LogP contribution in [0.3, 0.4) is 0 Å². The van der Waals surface area contributed by atoms with E-state index in [2.05, 4.69) is 15.3 Å². The molecule has 8 heteroatoms. The van der Waals surface area contributed by atoms with Gasteiger partial charge in [-0.25, -0.2) is 9.67 Å². The Bertz CT molecular complexity index is 692. The molecule has 2 atom stereocenters. The van der Waals surface area contributed by atoms with Crippen LogP contribution in [0.1, 0.15) is 18.2 Å². The predicted molar refractivity (Wildman–Crippen MR) is 83.8 cm³/mol. The van der Waals surface area contributed by atoms with Gasteiger partial charge >= 0.3 is 0 Å². The number of carbonyl (C=O) groups is 1. The average Bonchev–Trinajstić information content (AvgIpc) is 3.09. The van der Waals surface area contributed by atoms with E-state index in [1.165, 1.54) is 11.8 Å². The molecule has 4 rings (SSSR count). The van der Waals surface area contributed by atoms with Crippen LogP contribution in [-0.4, -0.2) is 55.7 Å². The minimum Gasteiger partial charge on any atom is -0.370 e. The van der Waals surface area contributed by atoms with Gasteiger partial charge in [0.25, 0.3) is 0 Å². The fourth-order valence-electron chi connectivity index (χ4n) is 3.07. The van der Waals surface area contributed by atoms with Crippen LogP contribution < -0.4 is 0 Å². The first-order valence-electron chi connectivity index (χ1n) is 7.63. The molecule has 120 valence electrons. The van der Waals surface area contributed by atoms with Crippen LogP contribution in [-0.2, 0) is 16.1 Å². The van der Waals surface area contributed by atoms with Gasteiger partial charge in [-0.3, -0.25) is 4.79 Å². The molecule has 0 radical (unpaired) electrons. The standard InChI is InChI=1S/C15H17N5O2S/c21-15(10-23-14-3-1-2-5-16-14)19-6-4-13-12(8-19)20-11(9-22-13)7-17-18-20/h1-3,5,7,12-13H,4,6,8-10H2/t12-,13-/m0/s1. The first-order valence-corrected chi connectivity index (χ1v) is 8.62. The van der Waals surface area contributed by atoms with Gasteiger partial charge < -0.3 is 9.64 Å². The summed E-state index contributed by atoms with van der Waals surface area (Å²) in [6, 6.07) is 5.78. The molecule has 0 unspecified atom stereocenters. The molecule has 4 heterocycles. The van der Waals surface area contributed by atoms with Crippen LogP contribution in [0.15, 0.2) is 35.6 Å². The second-order valence-electron chi connectivity index (χ2n) is 5.67. The molecule has 1 amide bonds. The van der Waals surface area contributed by atoms with Gasteiger partial charge in [0.2, 0.25) is 5.91 Å². The second kappa shape index (κ2) is 6.29. The van der Waals surface area contributed by atoms with E-state index in [-0.39, 0.29) is 18.1 Å². The quantitative estimate of drug-likeness (QED) is 0.785. The van der Waals surface area contributed by atoms with Crippen LogP contribution in [0.2, 0.25) is 0 Å². The van der Waals surface area contributed by atoms with Crippen LogP contribution in [0.5, 0.6) is 0 Å². The molecule has 1 fully saturated rings. The third kappa shape index (κ3) is 2.96. The van der Waals surface area contributed by atoms with Gasteiger partial charge in [0.15, 0.2) is 0 Å². The molecule has 0 bridgehead atoms. The lowest BCUT2D eigenvalue weighted by molar-refractivity contribution is -0.135. The smallest absolute Gasteiger partial charge is 0.233 e. The second-order valence-corrected chi connectivity index (χ2v) is 6.67. The number of carbonyl (C=O) groups excluding carboxylic acids is 1. The van der Waals surface area contributed by atoms with Gasteiger partial charge in [0.1, 0.15) is 0 Å². The third-order valence-corrected chi connectivity index (χ3v) is 5.19. The molecule has 0 N–H and O–H groups in total. The number of amides is 1. The van der Waals surface area contributed by atoms with E-state index in [0.29, 0.717) is 18.9 Å². The number of fused-ring (bicyclic) bond motifs is 3. The van der Waals surface area contributed by atoms with Crippen LogP contribution in [0.25, 0.3) is 0 Å². The predicted octanol–water partition coefficient (Wildman–Crippen LogP) is 1.14. The van der Waals surface area contributed by atoms with E-state index in [0.717, 1.165) is 23.7 Å². The molecular weight excluding hydrogens is 314 g/mol. The molecule has 2 aliphatic rings. The molecule has 23 heavy (non-hydrogen) atoms. The first kappa shape index (κ1) is 14.6. The SMILES string of the molecule is O=C(CSc1ccccn1)N1CC[C@@H]2OCc3cnnn3[C@H]2C1. The zero-order valence-electron chi connectivity index (χ0n) is 12.5. The lowest BCUT2D eigenvalue weighted by Gasteiger charge is -2.41. The number of likely N-dealkylation sites (tertiary alicyclic amines) is 1. The normalized spacial score (nSPS) is 23.2. The molecule has 2 aliphatic heterocycles. The van der Waals surface area contributed by atoms with E-state index in [1.807, 2.05) is 27.8 Å². The minimum absolute atomic E-state index is 0.0683. The monoisotopic (exact) mass is 331 g/mol. The number of hydrogen-bond donors (Lipinski definition) is 0. The fourth-order valence-corrected chi connectivity index (χ4v) is 3.83. The van der Waals surface area contributed by atoms with E-state index >= 15 is 0 Å². The first-order chi connectivity index (χ1) is 11.3. The van der Waals surface area contributed by atoms with E-state index in [4.69, 9.17) is 4.74 Å². The van der Waals surface area contributed by atoms with E-state index in [1.54, 1.807) is 12.4 Å². The molecule has 2 aromatic rings. The number of ether oxygens (including phenoxy) is 1.